The van der Waals surface area contributed by atoms with E-state index in [-0.39, 0.29) is 5.54 Å². The summed E-state index contributed by atoms with van der Waals surface area (Å²) in [7, 11) is 0. The van der Waals surface area contributed by atoms with E-state index in [1.54, 1.807) is 0 Å². The van der Waals surface area contributed by atoms with Crippen LogP contribution in [0.2, 0.25) is 5.02 Å². The van der Waals surface area contributed by atoms with Crippen molar-refractivity contribution in [3.8, 4) is 11.5 Å². The van der Waals surface area contributed by atoms with Crippen molar-refractivity contribution in [1.29, 1.82) is 0 Å². The Kier molecular flexibility index (Phi) is 3.70. The van der Waals surface area contributed by atoms with Crippen molar-refractivity contribution in [1.82, 2.24) is 5.32 Å². The van der Waals surface area contributed by atoms with Gasteiger partial charge in [-0.2, -0.15) is 0 Å². The quantitative estimate of drug-likeness (QED) is 0.917. The zero-order valence-electron chi connectivity index (χ0n) is 13.1. The number of hydrogen-bond acceptors (Lipinski definition) is 3. The van der Waals surface area contributed by atoms with Crippen LogP contribution in [0.1, 0.15) is 30.4 Å². The van der Waals surface area contributed by atoms with Gasteiger partial charge in [-0.05, 0) is 49.2 Å². The van der Waals surface area contributed by atoms with Gasteiger partial charge in [0.2, 0.25) is 0 Å². The molecule has 0 aromatic heterocycles. The molecule has 1 N–H and O–H groups in total. The van der Waals surface area contributed by atoms with Crippen LogP contribution in [0.4, 0.5) is 0 Å². The monoisotopic (exact) mass is 329 g/mol. The van der Waals surface area contributed by atoms with Crippen molar-refractivity contribution in [2.24, 2.45) is 0 Å². The van der Waals surface area contributed by atoms with Crippen LogP contribution in [0.25, 0.3) is 0 Å². The second-order valence-electron chi connectivity index (χ2n) is 6.59. The van der Waals surface area contributed by atoms with Crippen LogP contribution in [-0.2, 0) is 6.61 Å². The van der Waals surface area contributed by atoms with Crippen molar-refractivity contribution < 1.29 is 9.47 Å². The maximum Gasteiger partial charge on any atom is 0.126 e. The zero-order chi connectivity index (χ0) is 15.9. The normalized spacial score (nSPS) is 25.4. The number of hydrogen-bond donors (Lipinski definition) is 1. The highest BCUT2D eigenvalue weighted by molar-refractivity contribution is 6.30. The first-order valence-corrected chi connectivity index (χ1v) is 8.41. The van der Waals surface area contributed by atoms with Gasteiger partial charge in [0.25, 0.3) is 0 Å². The summed E-state index contributed by atoms with van der Waals surface area (Å²) in [5, 5.41) is 4.31. The van der Waals surface area contributed by atoms with Crippen molar-refractivity contribution in [3.05, 3.63) is 58.6 Å². The Labute approximate surface area is 141 Å². The summed E-state index contributed by atoms with van der Waals surface area (Å²) in [5.74, 6) is 2.33. The smallest absolute Gasteiger partial charge is 0.126 e. The average Bonchev–Trinajstić information content (AvgIpc) is 2.96. The average molecular weight is 330 g/mol. The fourth-order valence-corrected chi connectivity index (χ4v) is 3.71. The van der Waals surface area contributed by atoms with Crippen molar-refractivity contribution in [2.75, 3.05) is 13.2 Å². The molecular formula is C19H20ClNO2. The first kappa shape index (κ1) is 14.9. The summed E-state index contributed by atoms with van der Waals surface area (Å²) in [5.41, 5.74) is 2.46. The summed E-state index contributed by atoms with van der Waals surface area (Å²) < 4.78 is 11.9. The van der Waals surface area contributed by atoms with Gasteiger partial charge in [-0.3, -0.25) is 0 Å². The molecule has 0 aliphatic carbocycles. The summed E-state index contributed by atoms with van der Waals surface area (Å²) in [6, 6.07) is 13.9. The number of benzene rings is 2. The third-order valence-corrected chi connectivity index (χ3v) is 5.19. The molecule has 120 valence electrons. The molecule has 0 saturated carbocycles. The second-order valence-corrected chi connectivity index (χ2v) is 7.03. The standard InChI is InChI=1S/C19H20ClNO2/c1-19-12-23-18-10-15(6-7-16(18)17(19)8-9-21-19)22-11-13-2-4-14(20)5-3-13/h2-7,10,17,21H,8-9,11-12H2,1H3/t17-,19+/m0/s1. The maximum absolute atomic E-state index is 5.99. The molecule has 0 spiro atoms. The molecule has 23 heavy (non-hydrogen) atoms. The van der Waals surface area contributed by atoms with E-state index in [1.165, 1.54) is 5.56 Å². The molecule has 2 atom stereocenters. The lowest BCUT2D eigenvalue weighted by molar-refractivity contribution is 0.169. The van der Waals surface area contributed by atoms with E-state index in [0.29, 0.717) is 19.1 Å². The molecule has 0 unspecified atom stereocenters. The number of rotatable bonds is 3. The minimum absolute atomic E-state index is 0.0681. The van der Waals surface area contributed by atoms with E-state index >= 15 is 0 Å². The third-order valence-electron chi connectivity index (χ3n) is 4.94. The molecule has 1 saturated heterocycles. The van der Waals surface area contributed by atoms with E-state index in [2.05, 4.69) is 18.3 Å². The molecule has 1 fully saturated rings. The van der Waals surface area contributed by atoms with Crippen LogP contribution in [0.3, 0.4) is 0 Å². The lowest BCUT2D eigenvalue weighted by Gasteiger charge is -2.37. The number of nitrogens with one attached hydrogen (secondary N) is 1. The lowest BCUT2D eigenvalue weighted by atomic mass is 9.80. The van der Waals surface area contributed by atoms with Gasteiger partial charge < -0.3 is 14.8 Å². The number of ether oxygens (including phenoxy) is 2. The molecule has 2 aromatic carbocycles. The molecule has 3 nitrogen and oxygen atoms in total. The summed E-state index contributed by atoms with van der Waals surface area (Å²) in [6.07, 6.45) is 1.16. The van der Waals surface area contributed by atoms with Gasteiger partial charge >= 0.3 is 0 Å². The summed E-state index contributed by atoms with van der Waals surface area (Å²) in [6.45, 7) is 4.54. The van der Waals surface area contributed by atoms with Crippen LogP contribution < -0.4 is 14.8 Å². The van der Waals surface area contributed by atoms with Crippen LogP contribution in [0, 0.1) is 0 Å². The topological polar surface area (TPSA) is 30.5 Å². The Morgan fingerprint density at radius 1 is 1.26 bits per heavy atom. The largest absolute Gasteiger partial charge is 0.491 e. The lowest BCUT2D eigenvalue weighted by Crippen LogP contribution is -2.48. The fourth-order valence-electron chi connectivity index (χ4n) is 3.59. The van der Waals surface area contributed by atoms with Gasteiger partial charge in [0.15, 0.2) is 0 Å². The second kappa shape index (κ2) is 5.73. The number of fused-ring (bicyclic) bond motifs is 3. The SMILES string of the molecule is C[C@@]12COc3cc(OCc4ccc(Cl)cc4)ccc3[C@@H]1CCN2. The van der Waals surface area contributed by atoms with Gasteiger partial charge in [-0.15, -0.1) is 0 Å². The Balaban J connectivity index is 1.50. The van der Waals surface area contributed by atoms with Gasteiger partial charge in [0.1, 0.15) is 24.7 Å². The van der Waals surface area contributed by atoms with E-state index in [0.717, 1.165) is 35.1 Å². The molecule has 0 bridgehead atoms. The predicted molar refractivity (Wildman–Crippen MR) is 91.5 cm³/mol. The van der Waals surface area contributed by atoms with Crippen molar-refractivity contribution in [2.45, 2.75) is 31.4 Å². The molecular weight excluding hydrogens is 310 g/mol. The van der Waals surface area contributed by atoms with Crippen molar-refractivity contribution >= 4 is 11.6 Å². The highest BCUT2D eigenvalue weighted by atomic mass is 35.5. The van der Waals surface area contributed by atoms with E-state index in [1.807, 2.05) is 36.4 Å². The molecule has 0 amide bonds. The summed E-state index contributed by atoms with van der Waals surface area (Å²) >= 11 is 5.90. The fraction of sp³-hybridized carbons (Fsp3) is 0.368. The minimum Gasteiger partial charge on any atom is -0.491 e. The molecule has 2 heterocycles. The predicted octanol–water partition coefficient (Wildman–Crippen LogP) is 4.15. The van der Waals surface area contributed by atoms with Gasteiger partial charge in [0.05, 0.1) is 5.54 Å². The highest BCUT2D eigenvalue weighted by Gasteiger charge is 2.44. The molecule has 0 radical (unpaired) electrons. The Morgan fingerprint density at radius 3 is 2.91 bits per heavy atom. The first-order valence-electron chi connectivity index (χ1n) is 8.03. The van der Waals surface area contributed by atoms with Crippen molar-refractivity contribution in [3.63, 3.8) is 0 Å². The van der Waals surface area contributed by atoms with Gasteiger partial charge in [-0.25, -0.2) is 0 Å². The molecule has 2 aliphatic heterocycles. The van der Waals surface area contributed by atoms with Crippen LogP contribution in [0.15, 0.2) is 42.5 Å². The minimum atomic E-state index is 0.0681. The van der Waals surface area contributed by atoms with Crippen LogP contribution >= 0.6 is 11.6 Å². The zero-order valence-corrected chi connectivity index (χ0v) is 13.9. The van der Waals surface area contributed by atoms with E-state index in [9.17, 15) is 0 Å². The molecule has 2 aliphatic rings. The molecule has 2 aromatic rings. The Bertz CT molecular complexity index is 716. The van der Waals surface area contributed by atoms with E-state index in [4.69, 9.17) is 21.1 Å². The van der Waals surface area contributed by atoms with Crippen LogP contribution in [-0.4, -0.2) is 18.7 Å². The summed E-state index contributed by atoms with van der Waals surface area (Å²) in [4.78, 5) is 0. The third kappa shape index (κ3) is 2.79. The Hall–Kier alpha value is -1.71. The van der Waals surface area contributed by atoms with Crippen LogP contribution in [0.5, 0.6) is 11.5 Å². The first-order chi connectivity index (χ1) is 11.1. The van der Waals surface area contributed by atoms with Gasteiger partial charge in [0, 0.05) is 17.0 Å². The van der Waals surface area contributed by atoms with E-state index < -0.39 is 0 Å². The maximum atomic E-state index is 5.99. The molecule has 4 rings (SSSR count). The molecule has 4 heteroatoms. The van der Waals surface area contributed by atoms with Gasteiger partial charge in [-0.1, -0.05) is 29.8 Å². The number of halogens is 1. The Morgan fingerprint density at radius 2 is 2.09 bits per heavy atom. The highest BCUT2D eigenvalue weighted by Crippen LogP contribution is 2.45.